The van der Waals surface area contributed by atoms with Gasteiger partial charge in [0.1, 0.15) is 0 Å². The second kappa shape index (κ2) is 8.93. The van der Waals surface area contributed by atoms with Crippen LogP contribution in [-0.2, 0) is 10.0 Å². The summed E-state index contributed by atoms with van der Waals surface area (Å²) >= 11 is 0. The number of rotatable bonds is 8. The van der Waals surface area contributed by atoms with E-state index in [0.29, 0.717) is 6.42 Å². The minimum absolute atomic E-state index is 0. The van der Waals surface area contributed by atoms with Gasteiger partial charge in [0.05, 0.1) is 9.82 Å². The molecule has 0 saturated carbocycles. The highest BCUT2D eigenvalue weighted by molar-refractivity contribution is 7.89. The van der Waals surface area contributed by atoms with Gasteiger partial charge in [-0.3, -0.25) is 10.1 Å². The molecular formula is C12H20ClN3O4S. The van der Waals surface area contributed by atoms with Crippen LogP contribution in [-0.4, -0.2) is 25.9 Å². The van der Waals surface area contributed by atoms with Crippen LogP contribution in [0.15, 0.2) is 29.2 Å². The van der Waals surface area contributed by atoms with Gasteiger partial charge < -0.3 is 5.73 Å². The molecule has 0 saturated heterocycles. The van der Waals surface area contributed by atoms with Gasteiger partial charge in [0, 0.05) is 24.7 Å². The second-order valence-corrected chi connectivity index (χ2v) is 6.16. The topological polar surface area (TPSA) is 115 Å². The maximum atomic E-state index is 12.2. The molecule has 0 amide bonds. The largest absolute Gasteiger partial charge is 0.329 e. The zero-order valence-electron chi connectivity index (χ0n) is 11.7. The van der Waals surface area contributed by atoms with E-state index < -0.39 is 14.9 Å². The summed E-state index contributed by atoms with van der Waals surface area (Å²) in [7, 11) is -3.79. The van der Waals surface area contributed by atoms with Gasteiger partial charge in [0.2, 0.25) is 10.0 Å². The van der Waals surface area contributed by atoms with Gasteiger partial charge in [-0.25, -0.2) is 13.1 Å². The number of nitro benzene ring substituents is 1. The van der Waals surface area contributed by atoms with Gasteiger partial charge in [0.15, 0.2) is 0 Å². The Hall–Kier alpha value is -1.22. The van der Waals surface area contributed by atoms with Crippen LogP contribution in [0.25, 0.3) is 0 Å². The Labute approximate surface area is 130 Å². The number of benzene rings is 1. The minimum Gasteiger partial charge on any atom is -0.329 e. The number of nitrogens with zero attached hydrogens (tertiary/aromatic N) is 1. The summed E-state index contributed by atoms with van der Waals surface area (Å²) in [6.45, 7) is 2.19. The molecule has 3 N–H and O–H groups in total. The Morgan fingerprint density at radius 2 is 2.10 bits per heavy atom. The molecule has 0 aromatic heterocycles. The normalized spacial score (nSPS) is 12.5. The quantitative estimate of drug-likeness (QED) is 0.554. The van der Waals surface area contributed by atoms with Crippen molar-refractivity contribution in [3.63, 3.8) is 0 Å². The van der Waals surface area contributed by atoms with E-state index in [1.807, 2.05) is 6.92 Å². The maximum absolute atomic E-state index is 12.2. The van der Waals surface area contributed by atoms with Crippen LogP contribution in [0, 0.1) is 10.1 Å². The highest BCUT2D eigenvalue weighted by Gasteiger charge is 2.21. The summed E-state index contributed by atoms with van der Waals surface area (Å²) in [5, 5.41) is 10.7. The van der Waals surface area contributed by atoms with Gasteiger partial charge in [-0.2, -0.15) is 0 Å². The van der Waals surface area contributed by atoms with Gasteiger partial charge in [-0.05, 0) is 12.5 Å². The Morgan fingerprint density at radius 1 is 1.43 bits per heavy atom. The smallest absolute Gasteiger partial charge is 0.270 e. The van der Waals surface area contributed by atoms with Crippen LogP contribution < -0.4 is 10.5 Å². The summed E-state index contributed by atoms with van der Waals surface area (Å²) < 4.78 is 26.8. The minimum atomic E-state index is -3.79. The van der Waals surface area contributed by atoms with Crippen LogP contribution in [0.3, 0.4) is 0 Å². The van der Waals surface area contributed by atoms with Crippen molar-refractivity contribution in [2.75, 3.05) is 6.54 Å². The number of nitrogens with one attached hydrogen (secondary N) is 1. The molecule has 1 rings (SSSR count). The Bertz CT molecular complexity index is 565. The van der Waals surface area contributed by atoms with E-state index in [1.54, 1.807) is 0 Å². The van der Waals surface area contributed by atoms with E-state index in [1.165, 1.54) is 18.2 Å². The average Bonchev–Trinajstić information content (AvgIpc) is 2.43. The van der Waals surface area contributed by atoms with Crippen LogP contribution >= 0.6 is 12.4 Å². The van der Waals surface area contributed by atoms with Crippen molar-refractivity contribution in [2.45, 2.75) is 37.1 Å². The fraction of sp³-hybridized carbons (Fsp3) is 0.500. The third-order valence-corrected chi connectivity index (χ3v) is 4.37. The highest BCUT2D eigenvalue weighted by Crippen LogP contribution is 2.17. The van der Waals surface area contributed by atoms with E-state index in [0.717, 1.165) is 18.9 Å². The molecule has 1 aromatic carbocycles. The van der Waals surface area contributed by atoms with Crippen molar-refractivity contribution in [2.24, 2.45) is 5.73 Å². The van der Waals surface area contributed by atoms with Gasteiger partial charge in [-0.15, -0.1) is 12.4 Å². The van der Waals surface area contributed by atoms with Crippen molar-refractivity contribution in [1.82, 2.24) is 4.72 Å². The number of nitro groups is 1. The molecule has 0 spiro atoms. The molecule has 1 aromatic rings. The van der Waals surface area contributed by atoms with Crippen LogP contribution in [0.1, 0.15) is 26.2 Å². The van der Waals surface area contributed by atoms with E-state index in [2.05, 4.69) is 4.72 Å². The SMILES string of the molecule is CCCCC(CN)NS(=O)(=O)c1cccc([N+](=O)[O-])c1.Cl. The van der Waals surface area contributed by atoms with Gasteiger partial charge in [0.25, 0.3) is 5.69 Å². The molecule has 1 atom stereocenters. The fourth-order valence-electron chi connectivity index (χ4n) is 1.73. The van der Waals surface area contributed by atoms with E-state index in [-0.39, 0.29) is 35.6 Å². The van der Waals surface area contributed by atoms with Crippen LogP contribution in [0.2, 0.25) is 0 Å². The molecule has 0 aliphatic carbocycles. The molecule has 0 heterocycles. The summed E-state index contributed by atoms with van der Waals surface area (Å²) in [6, 6.07) is 4.59. The molecular weight excluding hydrogens is 318 g/mol. The van der Waals surface area contributed by atoms with Crippen molar-refractivity contribution < 1.29 is 13.3 Å². The number of hydrogen-bond acceptors (Lipinski definition) is 5. The first kappa shape index (κ1) is 19.8. The molecule has 0 radical (unpaired) electrons. The zero-order chi connectivity index (χ0) is 15.2. The number of sulfonamides is 1. The lowest BCUT2D eigenvalue weighted by Crippen LogP contribution is -2.40. The number of hydrogen-bond donors (Lipinski definition) is 2. The molecule has 0 aliphatic rings. The van der Waals surface area contributed by atoms with Crippen molar-refractivity contribution >= 4 is 28.1 Å². The summed E-state index contributed by atoms with van der Waals surface area (Å²) in [4.78, 5) is 9.92. The van der Waals surface area contributed by atoms with Crippen LogP contribution in [0.5, 0.6) is 0 Å². The molecule has 0 bridgehead atoms. The number of unbranched alkanes of at least 4 members (excludes halogenated alkanes) is 1. The molecule has 0 fully saturated rings. The lowest BCUT2D eigenvalue weighted by Gasteiger charge is -2.16. The van der Waals surface area contributed by atoms with Gasteiger partial charge in [-0.1, -0.05) is 25.8 Å². The predicted octanol–water partition coefficient (Wildman–Crippen LogP) is 1.81. The molecule has 120 valence electrons. The molecule has 9 heteroatoms. The maximum Gasteiger partial charge on any atom is 0.270 e. The van der Waals surface area contributed by atoms with E-state index in [4.69, 9.17) is 5.73 Å². The van der Waals surface area contributed by atoms with Crippen molar-refractivity contribution in [3.8, 4) is 0 Å². The average molecular weight is 338 g/mol. The summed E-state index contributed by atoms with van der Waals surface area (Å²) in [5.74, 6) is 0. The number of non-ortho nitro benzene ring substituents is 1. The lowest BCUT2D eigenvalue weighted by atomic mass is 10.1. The molecule has 21 heavy (non-hydrogen) atoms. The fourth-order valence-corrected chi connectivity index (χ4v) is 3.05. The first-order chi connectivity index (χ1) is 9.40. The van der Waals surface area contributed by atoms with E-state index >= 15 is 0 Å². The van der Waals surface area contributed by atoms with Crippen molar-refractivity contribution in [3.05, 3.63) is 34.4 Å². The zero-order valence-corrected chi connectivity index (χ0v) is 13.3. The molecule has 7 nitrogen and oxygen atoms in total. The van der Waals surface area contributed by atoms with Crippen molar-refractivity contribution in [1.29, 1.82) is 0 Å². The Kier molecular flexibility index (Phi) is 8.41. The standard InChI is InChI=1S/C12H19N3O4S.ClH/c1-2-3-5-10(9-13)14-20(18,19)12-7-4-6-11(8-12)15(16)17;/h4,6-8,10,14H,2-3,5,9,13H2,1H3;1H. The second-order valence-electron chi connectivity index (χ2n) is 4.45. The number of halogens is 1. The summed E-state index contributed by atoms with van der Waals surface area (Å²) in [5.41, 5.74) is 5.28. The highest BCUT2D eigenvalue weighted by atomic mass is 35.5. The summed E-state index contributed by atoms with van der Waals surface area (Å²) in [6.07, 6.45) is 2.44. The third-order valence-electron chi connectivity index (χ3n) is 2.85. The predicted molar refractivity (Wildman–Crippen MR) is 83.0 cm³/mol. The third kappa shape index (κ3) is 5.96. The Morgan fingerprint density at radius 3 is 2.62 bits per heavy atom. The van der Waals surface area contributed by atoms with Crippen LogP contribution in [0.4, 0.5) is 5.69 Å². The lowest BCUT2D eigenvalue weighted by molar-refractivity contribution is -0.385. The van der Waals surface area contributed by atoms with Gasteiger partial charge >= 0.3 is 0 Å². The Balaban J connectivity index is 0.00000400. The monoisotopic (exact) mass is 337 g/mol. The molecule has 1 unspecified atom stereocenters. The van der Waals surface area contributed by atoms with E-state index in [9.17, 15) is 18.5 Å². The first-order valence-electron chi connectivity index (χ1n) is 6.37. The molecule has 0 aliphatic heterocycles. The first-order valence-corrected chi connectivity index (χ1v) is 7.86. The number of nitrogens with two attached hydrogens (primary N) is 1.